The fraction of sp³-hybridized carbons (Fsp3) is 0.611. The molecule has 0 bridgehead atoms. The molecule has 1 N–H and O–H groups in total. The van der Waals surface area contributed by atoms with Gasteiger partial charge in [-0.1, -0.05) is 18.9 Å². The Morgan fingerprint density at radius 3 is 2.76 bits per heavy atom. The predicted octanol–water partition coefficient (Wildman–Crippen LogP) is 2.91. The molecule has 1 saturated heterocycles. The Kier molecular flexibility index (Phi) is 5.13. The van der Waals surface area contributed by atoms with Crippen molar-refractivity contribution >= 4 is 29.2 Å². The molecule has 2 aliphatic rings. The van der Waals surface area contributed by atoms with Crippen molar-refractivity contribution in [2.75, 3.05) is 13.6 Å². The molecule has 7 heteroatoms. The van der Waals surface area contributed by atoms with E-state index in [0.29, 0.717) is 19.4 Å². The number of carbonyl (C=O) groups excluding carboxylic acids is 3. The minimum Gasteiger partial charge on any atom is -0.338 e. The second-order valence-corrected chi connectivity index (χ2v) is 7.96. The molecule has 25 heavy (non-hydrogen) atoms. The first-order chi connectivity index (χ1) is 11.9. The average molecular weight is 363 g/mol. The van der Waals surface area contributed by atoms with E-state index in [1.807, 2.05) is 24.4 Å². The number of nitrogens with one attached hydrogen (secondary N) is 1. The maximum absolute atomic E-state index is 12.6. The lowest BCUT2D eigenvalue weighted by Gasteiger charge is -2.24. The molecule has 0 unspecified atom stereocenters. The smallest absolute Gasteiger partial charge is 0.325 e. The molecule has 136 valence electrons. The number of rotatable bonds is 6. The first-order valence-electron chi connectivity index (χ1n) is 8.88. The lowest BCUT2D eigenvalue weighted by atomic mass is 9.98. The van der Waals surface area contributed by atoms with E-state index >= 15 is 0 Å². The molecule has 1 aromatic heterocycles. The van der Waals surface area contributed by atoms with E-state index < -0.39 is 5.54 Å². The fourth-order valence-corrected chi connectivity index (χ4v) is 4.52. The fourth-order valence-electron chi connectivity index (χ4n) is 3.70. The van der Waals surface area contributed by atoms with Gasteiger partial charge in [-0.05, 0) is 37.6 Å². The molecule has 3 rings (SSSR count). The zero-order valence-electron chi connectivity index (χ0n) is 14.8. The summed E-state index contributed by atoms with van der Waals surface area (Å²) in [6.07, 6.45) is 4.24. The minimum absolute atomic E-state index is 0.0310. The summed E-state index contributed by atoms with van der Waals surface area (Å²) in [5.41, 5.74) is -0.661. The lowest BCUT2D eigenvalue weighted by molar-refractivity contribution is -0.133. The highest BCUT2D eigenvalue weighted by Crippen LogP contribution is 2.35. The third kappa shape index (κ3) is 3.42. The van der Waals surface area contributed by atoms with Crippen molar-refractivity contribution in [2.45, 2.75) is 57.0 Å². The average Bonchev–Trinajstić information content (AvgIpc) is 3.32. The van der Waals surface area contributed by atoms with Crippen molar-refractivity contribution < 1.29 is 14.4 Å². The molecule has 4 amide bonds. The molecule has 1 aromatic rings. The van der Waals surface area contributed by atoms with Crippen LogP contribution < -0.4 is 5.32 Å². The quantitative estimate of drug-likeness (QED) is 0.790. The summed E-state index contributed by atoms with van der Waals surface area (Å²) in [4.78, 5) is 41.2. The molecule has 1 atom stereocenters. The molecule has 0 radical (unpaired) electrons. The van der Waals surface area contributed by atoms with Gasteiger partial charge >= 0.3 is 6.03 Å². The Hall–Kier alpha value is -1.89. The SMILES string of the molecule is C[C@@H](c1cccs1)N(C)C(=O)CCCN1C(=O)NC2(CCCC2)C1=O. The van der Waals surface area contributed by atoms with Crippen LogP contribution in [0.1, 0.15) is 56.4 Å². The van der Waals surface area contributed by atoms with E-state index in [1.165, 1.54) is 4.90 Å². The topological polar surface area (TPSA) is 69.7 Å². The summed E-state index contributed by atoms with van der Waals surface area (Å²) in [5.74, 6) is -0.0775. The molecular formula is C18H25N3O3S. The summed E-state index contributed by atoms with van der Waals surface area (Å²) in [7, 11) is 1.80. The largest absolute Gasteiger partial charge is 0.338 e. The number of thiophene rings is 1. The number of hydrogen-bond acceptors (Lipinski definition) is 4. The van der Waals surface area contributed by atoms with Crippen LogP contribution in [0.2, 0.25) is 0 Å². The van der Waals surface area contributed by atoms with Gasteiger partial charge in [0.25, 0.3) is 5.91 Å². The number of nitrogens with zero attached hydrogens (tertiary/aromatic N) is 2. The van der Waals surface area contributed by atoms with E-state index in [9.17, 15) is 14.4 Å². The summed E-state index contributed by atoms with van der Waals surface area (Å²) in [6.45, 7) is 2.31. The van der Waals surface area contributed by atoms with Gasteiger partial charge in [0, 0.05) is 24.9 Å². The van der Waals surface area contributed by atoms with E-state index in [0.717, 1.165) is 30.6 Å². The van der Waals surface area contributed by atoms with E-state index in [-0.39, 0.29) is 23.9 Å². The van der Waals surface area contributed by atoms with Crippen molar-refractivity contribution in [1.82, 2.24) is 15.1 Å². The van der Waals surface area contributed by atoms with Crippen LogP contribution >= 0.6 is 11.3 Å². The zero-order valence-corrected chi connectivity index (χ0v) is 15.6. The maximum atomic E-state index is 12.6. The number of urea groups is 1. The summed E-state index contributed by atoms with van der Waals surface area (Å²) >= 11 is 1.63. The van der Waals surface area contributed by atoms with Crippen molar-refractivity contribution in [2.24, 2.45) is 0 Å². The van der Waals surface area contributed by atoms with Gasteiger partial charge in [0.05, 0.1) is 6.04 Å². The van der Waals surface area contributed by atoms with Gasteiger partial charge in [-0.2, -0.15) is 0 Å². The second-order valence-electron chi connectivity index (χ2n) is 6.98. The van der Waals surface area contributed by atoms with Crippen molar-refractivity contribution in [3.8, 4) is 0 Å². The summed E-state index contributed by atoms with van der Waals surface area (Å²) < 4.78 is 0. The Morgan fingerprint density at radius 1 is 1.40 bits per heavy atom. The molecule has 6 nitrogen and oxygen atoms in total. The molecule has 0 aromatic carbocycles. The number of amides is 4. The summed E-state index contributed by atoms with van der Waals surface area (Å²) in [5, 5.41) is 4.87. The predicted molar refractivity (Wildman–Crippen MR) is 96.2 cm³/mol. The van der Waals surface area contributed by atoms with Crippen LogP contribution in [0.25, 0.3) is 0 Å². The van der Waals surface area contributed by atoms with Crippen LogP contribution in [-0.4, -0.2) is 46.8 Å². The first-order valence-corrected chi connectivity index (χ1v) is 9.76. The number of hydrogen-bond donors (Lipinski definition) is 1. The van der Waals surface area contributed by atoms with Crippen LogP contribution in [0.15, 0.2) is 17.5 Å². The first kappa shape index (κ1) is 17.9. The van der Waals surface area contributed by atoms with Gasteiger partial charge < -0.3 is 10.2 Å². The van der Waals surface area contributed by atoms with Crippen LogP contribution in [0.3, 0.4) is 0 Å². The normalized spacial score (nSPS) is 20.2. The van der Waals surface area contributed by atoms with Crippen molar-refractivity contribution in [1.29, 1.82) is 0 Å². The molecular weight excluding hydrogens is 338 g/mol. The van der Waals surface area contributed by atoms with Crippen LogP contribution in [-0.2, 0) is 9.59 Å². The molecule has 1 saturated carbocycles. The van der Waals surface area contributed by atoms with E-state index in [2.05, 4.69) is 5.32 Å². The Balaban J connectivity index is 1.50. The van der Waals surface area contributed by atoms with Crippen molar-refractivity contribution in [3.05, 3.63) is 22.4 Å². The third-order valence-electron chi connectivity index (χ3n) is 5.40. The van der Waals surface area contributed by atoms with Crippen LogP contribution in [0.5, 0.6) is 0 Å². The lowest BCUT2D eigenvalue weighted by Crippen LogP contribution is -2.44. The third-order valence-corrected chi connectivity index (χ3v) is 6.45. The van der Waals surface area contributed by atoms with E-state index in [1.54, 1.807) is 23.3 Å². The van der Waals surface area contributed by atoms with Gasteiger partial charge in [0.1, 0.15) is 5.54 Å². The molecule has 1 aliphatic carbocycles. The van der Waals surface area contributed by atoms with Crippen LogP contribution in [0.4, 0.5) is 4.79 Å². The number of imide groups is 1. The second kappa shape index (κ2) is 7.15. The minimum atomic E-state index is -0.661. The highest BCUT2D eigenvalue weighted by Gasteiger charge is 2.52. The summed E-state index contributed by atoms with van der Waals surface area (Å²) in [6, 6.07) is 3.73. The highest BCUT2D eigenvalue weighted by molar-refractivity contribution is 7.10. The molecule has 1 spiro atoms. The van der Waals surface area contributed by atoms with E-state index in [4.69, 9.17) is 0 Å². The molecule has 1 aliphatic heterocycles. The van der Waals surface area contributed by atoms with Crippen molar-refractivity contribution in [3.63, 3.8) is 0 Å². The number of carbonyl (C=O) groups is 3. The molecule has 2 fully saturated rings. The zero-order chi connectivity index (χ0) is 18.0. The van der Waals surface area contributed by atoms with Gasteiger partial charge in [-0.3, -0.25) is 14.5 Å². The Labute approximate surface area is 152 Å². The van der Waals surface area contributed by atoms with Gasteiger partial charge in [0.2, 0.25) is 5.91 Å². The monoisotopic (exact) mass is 363 g/mol. The van der Waals surface area contributed by atoms with Crippen LogP contribution in [0, 0.1) is 0 Å². The van der Waals surface area contributed by atoms with Gasteiger partial charge in [0.15, 0.2) is 0 Å². The van der Waals surface area contributed by atoms with Gasteiger partial charge in [-0.25, -0.2) is 4.79 Å². The highest BCUT2D eigenvalue weighted by atomic mass is 32.1. The van der Waals surface area contributed by atoms with Gasteiger partial charge in [-0.15, -0.1) is 11.3 Å². The standard InChI is InChI=1S/C18H25N3O3S/c1-13(14-7-6-12-25-14)20(2)15(22)8-5-11-21-16(23)18(19-17(21)24)9-3-4-10-18/h6-7,12-13H,3-5,8-11H2,1-2H3,(H,19,24)/t13-/m0/s1. The Morgan fingerprint density at radius 2 is 2.12 bits per heavy atom. The molecule has 2 heterocycles. The Bertz CT molecular complexity index is 653. The maximum Gasteiger partial charge on any atom is 0.325 e.